The number of nitrogens with zero attached hydrogens (tertiary/aromatic N) is 2. The van der Waals surface area contributed by atoms with Gasteiger partial charge in [-0.3, -0.25) is 4.99 Å². The molecular formula is C11H13Cl3N2. The Labute approximate surface area is 111 Å². The van der Waals surface area contributed by atoms with E-state index >= 15 is 0 Å². The Hall–Kier alpha value is -0.280. The molecule has 1 aromatic carbocycles. The number of hydrogen-bond acceptors (Lipinski definition) is 2. The van der Waals surface area contributed by atoms with Gasteiger partial charge in [0.15, 0.2) is 0 Å². The molecule has 0 heterocycles. The molecular weight excluding hydrogens is 266 g/mol. The zero-order chi connectivity index (χ0) is 12.1. The quantitative estimate of drug-likeness (QED) is 0.607. The number of likely N-dealkylation sites (N-methyl/N-ethyl adjacent to an activating group) is 1. The lowest BCUT2D eigenvalue weighted by atomic mass is 10.2. The van der Waals surface area contributed by atoms with Crippen LogP contribution in [0.15, 0.2) is 17.1 Å². The molecule has 1 rings (SSSR count). The predicted molar refractivity (Wildman–Crippen MR) is 72.5 cm³/mol. The molecule has 0 radical (unpaired) electrons. The van der Waals surface area contributed by atoms with Gasteiger partial charge >= 0.3 is 0 Å². The van der Waals surface area contributed by atoms with Gasteiger partial charge < -0.3 is 4.90 Å². The summed E-state index contributed by atoms with van der Waals surface area (Å²) in [5.41, 5.74) is 0.748. The molecule has 0 atom stereocenters. The molecule has 0 saturated heterocycles. The van der Waals surface area contributed by atoms with E-state index in [-0.39, 0.29) is 0 Å². The molecule has 16 heavy (non-hydrogen) atoms. The molecule has 0 saturated carbocycles. The highest BCUT2D eigenvalue weighted by atomic mass is 35.5. The van der Waals surface area contributed by atoms with Crippen molar-refractivity contribution in [2.75, 3.05) is 27.2 Å². The van der Waals surface area contributed by atoms with Crippen molar-refractivity contribution in [1.29, 1.82) is 0 Å². The maximum Gasteiger partial charge on any atom is 0.0680 e. The monoisotopic (exact) mass is 278 g/mol. The fraction of sp³-hybridized carbons (Fsp3) is 0.364. The Bertz CT molecular complexity index is 389. The van der Waals surface area contributed by atoms with Crippen molar-refractivity contribution in [3.8, 4) is 0 Å². The van der Waals surface area contributed by atoms with E-state index in [2.05, 4.69) is 9.89 Å². The molecule has 0 aromatic heterocycles. The molecule has 2 nitrogen and oxygen atoms in total. The van der Waals surface area contributed by atoms with E-state index in [0.29, 0.717) is 21.6 Å². The molecule has 5 heteroatoms. The van der Waals surface area contributed by atoms with Gasteiger partial charge in [-0.2, -0.15) is 0 Å². The molecule has 0 N–H and O–H groups in total. The lowest BCUT2D eigenvalue weighted by Gasteiger charge is -2.06. The minimum absolute atomic E-state index is 0.447. The first kappa shape index (κ1) is 13.8. The lowest BCUT2D eigenvalue weighted by Crippen LogP contribution is -2.15. The van der Waals surface area contributed by atoms with Crippen LogP contribution in [0.5, 0.6) is 0 Å². The Balaban J connectivity index is 2.73. The summed E-state index contributed by atoms with van der Waals surface area (Å²) in [6.45, 7) is 1.61. The summed E-state index contributed by atoms with van der Waals surface area (Å²) in [6, 6.07) is 3.36. The van der Waals surface area contributed by atoms with Crippen LogP contribution in [0.2, 0.25) is 15.1 Å². The highest BCUT2D eigenvalue weighted by Gasteiger charge is 2.04. The van der Waals surface area contributed by atoms with Crippen LogP contribution in [0.3, 0.4) is 0 Å². The van der Waals surface area contributed by atoms with Crippen LogP contribution in [0.25, 0.3) is 0 Å². The van der Waals surface area contributed by atoms with E-state index < -0.39 is 0 Å². The van der Waals surface area contributed by atoms with Gasteiger partial charge in [-0.05, 0) is 26.2 Å². The first-order valence-electron chi connectivity index (χ1n) is 4.80. The second-order valence-corrected chi connectivity index (χ2v) is 4.85. The Morgan fingerprint density at radius 2 is 1.94 bits per heavy atom. The number of hydrogen-bond donors (Lipinski definition) is 0. The van der Waals surface area contributed by atoms with Crippen molar-refractivity contribution in [3.05, 3.63) is 32.8 Å². The van der Waals surface area contributed by atoms with Gasteiger partial charge in [-0.25, -0.2) is 0 Å². The van der Waals surface area contributed by atoms with Crippen LogP contribution in [0.4, 0.5) is 0 Å². The van der Waals surface area contributed by atoms with Crippen LogP contribution in [-0.2, 0) is 0 Å². The van der Waals surface area contributed by atoms with Crippen molar-refractivity contribution in [1.82, 2.24) is 4.90 Å². The van der Waals surface area contributed by atoms with E-state index in [4.69, 9.17) is 34.8 Å². The molecule has 0 fully saturated rings. The third kappa shape index (κ3) is 4.30. The van der Waals surface area contributed by atoms with Gasteiger partial charge in [0.05, 0.1) is 16.6 Å². The van der Waals surface area contributed by atoms with Gasteiger partial charge in [-0.1, -0.05) is 34.8 Å². The second-order valence-electron chi connectivity index (χ2n) is 3.63. The summed E-state index contributed by atoms with van der Waals surface area (Å²) in [7, 11) is 4.00. The minimum Gasteiger partial charge on any atom is -0.308 e. The summed E-state index contributed by atoms with van der Waals surface area (Å²) in [6.07, 6.45) is 1.70. The van der Waals surface area contributed by atoms with Gasteiger partial charge in [0.25, 0.3) is 0 Å². The largest absolute Gasteiger partial charge is 0.308 e. The van der Waals surface area contributed by atoms with Crippen molar-refractivity contribution in [2.24, 2.45) is 4.99 Å². The first-order valence-corrected chi connectivity index (χ1v) is 5.93. The summed E-state index contributed by atoms with van der Waals surface area (Å²) >= 11 is 17.8. The van der Waals surface area contributed by atoms with Crippen molar-refractivity contribution >= 4 is 41.0 Å². The minimum atomic E-state index is 0.447. The smallest absolute Gasteiger partial charge is 0.0680 e. The molecule has 0 aliphatic heterocycles. The molecule has 1 aromatic rings. The second kappa shape index (κ2) is 6.45. The third-order valence-corrected chi connectivity index (χ3v) is 2.96. The lowest BCUT2D eigenvalue weighted by molar-refractivity contribution is 0.421. The molecule has 0 bridgehead atoms. The highest BCUT2D eigenvalue weighted by molar-refractivity contribution is 6.44. The molecule has 88 valence electrons. The average molecular weight is 280 g/mol. The van der Waals surface area contributed by atoms with E-state index in [0.717, 1.165) is 12.1 Å². The molecule has 0 aliphatic carbocycles. The van der Waals surface area contributed by atoms with Gasteiger partial charge in [-0.15, -0.1) is 0 Å². The standard InChI is InChI=1S/C11H13Cl3N2/c1-16(2)4-3-15-7-8-5-9(12)6-10(13)11(8)14/h5-7H,3-4H2,1-2H3. The van der Waals surface area contributed by atoms with E-state index in [1.807, 2.05) is 14.1 Å². The Morgan fingerprint density at radius 3 is 2.56 bits per heavy atom. The zero-order valence-corrected chi connectivity index (χ0v) is 11.4. The Morgan fingerprint density at radius 1 is 1.25 bits per heavy atom. The topological polar surface area (TPSA) is 15.6 Å². The normalized spacial score (nSPS) is 11.6. The summed E-state index contributed by atoms with van der Waals surface area (Å²) in [5.74, 6) is 0. The summed E-state index contributed by atoms with van der Waals surface area (Å²) in [4.78, 5) is 6.32. The van der Waals surface area contributed by atoms with Crippen molar-refractivity contribution < 1.29 is 0 Å². The maximum atomic E-state index is 6.01. The summed E-state index contributed by atoms with van der Waals surface area (Å²) in [5, 5.41) is 1.49. The molecule has 0 aliphatic rings. The third-order valence-electron chi connectivity index (χ3n) is 1.93. The van der Waals surface area contributed by atoms with E-state index in [1.54, 1.807) is 18.3 Å². The van der Waals surface area contributed by atoms with Crippen LogP contribution in [0, 0.1) is 0 Å². The van der Waals surface area contributed by atoms with Crippen molar-refractivity contribution in [2.45, 2.75) is 0 Å². The number of benzene rings is 1. The molecule has 0 amide bonds. The first-order chi connectivity index (χ1) is 7.50. The van der Waals surface area contributed by atoms with Crippen LogP contribution in [-0.4, -0.2) is 38.3 Å². The zero-order valence-electron chi connectivity index (χ0n) is 9.17. The fourth-order valence-electron chi connectivity index (χ4n) is 1.09. The van der Waals surface area contributed by atoms with Crippen LogP contribution < -0.4 is 0 Å². The Kier molecular flexibility index (Phi) is 5.56. The van der Waals surface area contributed by atoms with Gasteiger partial charge in [0.1, 0.15) is 0 Å². The number of rotatable bonds is 4. The maximum absolute atomic E-state index is 6.01. The van der Waals surface area contributed by atoms with Crippen LogP contribution in [0.1, 0.15) is 5.56 Å². The fourth-order valence-corrected chi connectivity index (χ4v) is 1.76. The van der Waals surface area contributed by atoms with E-state index in [9.17, 15) is 0 Å². The SMILES string of the molecule is CN(C)CCN=Cc1cc(Cl)cc(Cl)c1Cl. The van der Waals surface area contributed by atoms with E-state index in [1.165, 1.54) is 0 Å². The molecule has 0 unspecified atom stereocenters. The predicted octanol–water partition coefficient (Wildman–Crippen LogP) is 3.63. The van der Waals surface area contributed by atoms with Crippen molar-refractivity contribution in [3.63, 3.8) is 0 Å². The average Bonchev–Trinajstić information content (AvgIpc) is 2.19. The molecule has 0 spiro atoms. The highest BCUT2D eigenvalue weighted by Crippen LogP contribution is 2.28. The van der Waals surface area contributed by atoms with Gasteiger partial charge in [0, 0.05) is 23.3 Å². The number of aliphatic imine (C=N–C) groups is 1. The number of halogens is 3. The van der Waals surface area contributed by atoms with Gasteiger partial charge in [0.2, 0.25) is 0 Å². The van der Waals surface area contributed by atoms with Crippen LogP contribution >= 0.6 is 34.8 Å². The summed E-state index contributed by atoms with van der Waals surface area (Å²) < 4.78 is 0.